The van der Waals surface area contributed by atoms with E-state index in [0.717, 1.165) is 12.8 Å². The molecule has 0 spiro atoms. The lowest BCUT2D eigenvalue weighted by molar-refractivity contribution is -0.137. The number of rotatable bonds is 6. The van der Waals surface area contributed by atoms with Crippen molar-refractivity contribution in [3.63, 3.8) is 0 Å². The summed E-state index contributed by atoms with van der Waals surface area (Å²) < 4.78 is 0. The first kappa shape index (κ1) is 23.0. The van der Waals surface area contributed by atoms with E-state index in [9.17, 15) is 14.4 Å². The first-order valence-corrected chi connectivity index (χ1v) is 11.2. The summed E-state index contributed by atoms with van der Waals surface area (Å²) in [5.74, 6) is -0.445. The molecule has 168 valence electrons. The number of nitrogens with two attached hydrogens (primary N) is 1. The van der Waals surface area contributed by atoms with E-state index in [-0.39, 0.29) is 11.9 Å². The van der Waals surface area contributed by atoms with Crippen molar-refractivity contribution in [1.82, 2.24) is 15.5 Å². The molecule has 31 heavy (non-hydrogen) atoms. The lowest BCUT2D eigenvalue weighted by Crippen LogP contribution is -2.54. The van der Waals surface area contributed by atoms with Crippen LogP contribution < -0.4 is 16.4 Å². The van der Waals surface area contributed by atoms with E-state index in [0.29, 0.717) is 17.9 Å². The maximum Gasteiger partial charge on any atom is 0.245 e. The Labute approximate surface area is 184 Å². The van der Waals surface area contributed by atoms with Crippen LogP contribution in [0.15, 0.2) is 42.5 Å². The third kappa shape index (κ3) is 5.73. The van der Waals surface area contributed by atoms with Gasteiger partial charge >= 0.3 is 0 Å². The fraction of sp³-hybridized carbons (Fsp3) is 0.542. The van der Waals surface area contributed by atoms with Gasteiger partial charge in [0.2, 0.25) is 17.7 Å². The van der Waals surface area contributed by atoms with Gasteiger partial charge in [-0.05, 0) is 37.7 Å². The predicted octanol–water partition coefficient (Wildman–Crippen LogP) is 2.04. The summed E-state index contributed by atoms with van der Waals surface area (Å²) in [5, 5.41) is 5.46. The fourth-order valence-corrected chi connectivity index (χ4v) is 4.52. The van der Waals surface area contributed by atoms with E-state index in [1.807, 2.05) is 19.2 Å². The largest absolute Gasteiger partial charge is 0.343 e. The van der Waals surface area contributed by atoms with E-state index in [1.54, 1.807) is 36.1 Å². The molecule has 1 aromatic rings. The summed E-state index contributed by atoms with van der Waals surface area (Å²) in [6, 6.07) is 6.77. The van der Waals surface area contributed by atoms with Crippen molar-refractivity contribution in [1.29, 1.82) is 0 Å². The van der Waals surface area contributed by atoms with Crippen LogP contribution in [0.5, 0.6) is 0 Å². The Kier molecular flexibility index (Phi) is 7.85. The molecule has 1 heterocycles. The smallest absolute Gasteiger partial charge is 0.245 e. The van der Waals surface area contributed by atoms with Gasteiger partial charge in [0.25, 0.3) is 0 Å². The molecule has 1 saturated carbocycles. The van der Waals surface area contributed by atoms with Crippen molar-refractivity contribution >= 4 is 17.7 Å². The monoisotopic (exact) mass is 426 g/mol. The number of amides is 3. The van der Waals surface area contributed by atoms with Crippen molar-refractivity contribution in [3.8, 4) is 0 Å². The van der Waals surface area contributed by atoms with Crippen molar-refractivity contribution < 1.29 is 14.4 Å². The Bertz CT molecular complexity index is 804. The van der Waals surface area contributed by atoms with Gasteiger partial charge in [-0.2, -0.15) is 0 Å². The molecule has 0 saturated heterocycles. The minimum absolute atomic E-state index is 0.0794. The maximum absolute atomic E-state index is 13.0. The van der Waals surface area contributed by atoms with Crippen LogP contribution in [-0.4, -0.2) is 47.8 Å². The lowest BCUT2D eigenvalue weighted by Gasteiger charge is -2.35. The number of carbonyl (C=O) groups is 3. The van der Waals surface area contributed by atoms with E-state index < -0.39 is 29.9 Å². The Morgan fingerprint density at radius 1 is 1.10 bits per heavy atom. The van der Waals surface area contributed by atoms with Crippen LogP contribution in [0.25, 0.3) is 0 Å². The molecule has 0 aromatic heterocycles. The Hall–Kier alpha value is -2.67. The summed E-state index contributed by atoms with van der Waals surface area (Å²) in [6.07, 6.45) is 10.5. The van der Waals surface area contributed by atoms with Crippen molar-refractivity contribution in [2.24, 2.45) is 11.7 Å². The molecule has 3 rings (SSSR count). The third-order valence-corrected chi connectivity index (χ3v) is 6.44. The predicted molar refractivity (Wildman–Crippen MR) is 120 cm³/mol. The van der Waals surface area contributed by atoms with Crippen LogP contribution in [-0.2, 0) is 14.4 Å². The number of likely N-dealkylation sites (N-methyl/N-ethyl adjacent to an activating group) is 1. The first-order valence-electron chi connectivity index (χ1n) is 11.2. The minimum atomic E-state index is -0.860. The van der Waals surface area contributed by atoms with Crippen molar-refractivity contribution in [2.75, 3.05) is 7.05 Å². The summed E-state index contributed by atoms with van der Waals surface area (Å²) in [5.41, 5.74) is 6.68. The molecule has 4 atom stereocenters. The summed E-state index contributed by atoms with van der Waals surface area (Å²) in [7, 11) is 1.82. The molecule has 4 N–H and O–H groups in total. The van der Waals surface area contributed by atoms with Gasteiger partial charge in [0, 0.05) is 7.05 Å². The van der Waals surface area contributed by atoms with Gasteiger partial charge in [0.1, 0.15) is 18.1 Å². The van der Waals surface area contributed by atoms with E-state index in [1.165, 1.54) is 19.3 Å². The molecule has 1 aliphatic heterocycles. The molecule has 0 unspecified atom stereocenters. The highest BCUT2D eigenvalue weighted by atomic mass is 16.2. The standard InChI is InChI=1S/C24H34N4O3/c1-16(26-23(30)21(25)18-12-7-4-8-13-18)22(29)27-19-14-9-15-20(28(2)24(19)31)17-10-5-3-6-11-17/h4,7-9,12-13,15-17,19-21H,3,5-6,10-11,14,25H2,1-2H3,(H,26,30)(H,27,29)/t16-,19-,20+,21+/m0/s1. The van der Waals surface area contributed by atoms with Crippen molar-refractivity contribution in [2.45, 2.75) is 69.6 Å². The molecular formula is C24H34N4O3. The van der Waals surface area contributed by atoms with Gasteiger partial charge in [-0.15, -0.1) is 0 Å². The molecule has 1 fully saturated rings. The van der Waals surface area contributed by atoms with Crippen LogP contribution in [0.4, 0.5) is 0 Å². The van der Waals surface area contributed by atoms with E-state index >= 15 is 0 Å². The highest BCUT2D eigenvalue weighted by Gasteiger charge is 2.34. The van der Waals surface area contributed by atoms with Gasteiger partial charge in [-0.25, -0.2) is 0 Å². The SMILES string of the molecule is C[C@H](NC(=O)[C@H](N)c1ccccc1)C(=O)N[C@H]1CC=C[C@H](C2CCCCC2)N(C)C1=O. The van der Waals surface area contributed by atoms with Gasteiger partial charge in [0.05, 0.1) is 6.04 Å². The average Bonchev–Trinajstić information content (AvgIpc) is 2.93. The number of nitrogens with one attached hydrogen (secondary N) is 2. The highest BCUT2D eigenvalue weighted by Crippen LogP contribution is 2.30. The zero-order chi connectivity index (χ0) is 22.4. The number of carbonyl (C=O) groups excluding carboxylic acids is 3. The molecule has 1 aromatic carbocycles. The second-order valence-corrected chi connectivity index (χ2v) is 8.68. The van der Waals surface area contributed by atoms with Crippen LogP contribution in [0, 0.1) is 5.92 Å². The highest BCUT2D eigenvalue weighted by molar-refractivity contribution is 5.93. The van der Waals surface area contributed by atoms with E-state index in [2.05, 4.69) is 16.7 Å². The molecule has 1 aliphatic carbocycles. The molecule has 7 heteroatoms. The number of hydrogen-bond acceptors (Lipinski definition) is 4. The number of benzene rings is 1. The zero-order valence-electron chi connectivity index (χ0n) is 18.4. The first-order chi connectivity index (χ1) is 14.9. The fourth-order valence-electron chi connectivity index (χ4n) is 4.52. The third-order valence-electron chi connectivity index (χ3n) is 6.44. The van der Waals surface area contributed by atoms with Gasteiger partial charge in [-0.1, -0.05) is 61.7 Å². The maximum atomic E-state index is 13.0. The summed E-state index contributed by atoms with van der Waals surface area (Å²) in [6.45, 7) is 1.59. The van der Waals surface area contributed by atoms with Crippen LogP contribution >= 0.6 is 0 Å². The second kappa shape index (κ2) is 10.6. The summed E-state index contributed by atoms with van der Waals surface area (Å²) in [4.78, 5) is 39.9. The van der Waals surface area contributed by atoms with E-state index in [4.69, 9.17) is 5.73 Å². The summed E-state index contributed by atoms with van der Waals surface area (Å²) >= 11 is 0. The molecule has 0 radical (unpaired) electrons. The van der Waals surface area contributed by atoms with Crippen molar-refractivity contribution in [3.05, 3.63) is 48.0 Å². The van der Waals surface area contributed by atoms with Crippen LogP contribution in [0.3, 0.4) is 0 Å². The lowest BCUT2D eigenvalue weighted by atomic mass is 9.83. The quantitative estimate of drug-likeness (QED) is 0.606. The Morgan fingerprint density at radius 3 is 2.45 bits per heavy atom. The van der Waals surface area contributed by atoms with Gasteiger partial charge < -0.3 is 21.3 Å². The van der Waals surface area contributed by atoms with Gasteiger partial charge in [0.15, 0.2) is 0 Å². The topological polar surface area (TPSA) is 105 Å². The van der Waals surface area contributed by atoms with Gasteiger partial charge in [-0.3, -0.25) is 14.4 Å². The zero-order valence-corrected chi connectivity index (χ0v) is 18.4. The molecule has 7 nitrogen and oxygen atoms in total. The van der Waals surface area contributed by atoms with Crippen LogP contribution in [0.2, 0.25) is 0 Å². The molecule has 3 amide bonds. The molecule has 2 aliphatic rings. The number of hydrogen-bond donors (Lipinski definition) is 3. The molecule has 0 bridgehead atoms. The normalized spacial score (nSPS) is 24.2. The number of nitrogens with zero attached hydrogens (tertiary/aromatic N) is 1. The van der Waals surface area contributed by atoms with Crippen LogP contribution in [0.1, 0.15) is 57.1 Å². The minimum Gasteiger partial charge on any atom is -0.343 e. The average molecular weight is 427 g/mol. The molecular weight excluding hydrogens is 392 g/mol. The Morgan fingerprint density at radius 2 is 1.77 bits per heavy atom. The Balaban J connectivity index is 1.56. The second-order valence-electron chi connectivity index (χ2n) is 8.68.